The van der Waals surface area contributed by atoms with Gasteiger partial charge >= 0.3 is 0 Å². The highest BCUT2D eigenvalue weighted by Crippen LogP contribution is 2.17. The normalized spacial score (nSPS) is 10.1. The van der Waals surface area contributed by atoms with E-state index in [1.807, 2.05) is 0 Å². The number of aromatic nitrogens is 2. The summed E-state index contributed by atoms with van der Waals surface area (Å²) in [6, 6.07) is 2.08. The molecule has 0 atom stereocenters. The lowest BCUT2D eigenvalue weighted by Gasteiger charge is -2.02. The molecular formula is C10H10N2OS. The van der Waals surface area contributed by atoms with E-state index in [1.165, 1.54) is 10.4 Å². The molecule has 0 saturated heterocycles. The van der Waals surface area contributed by atoms with Gasteiger partial charge in [-0.1, -0.05) is 0 Å². The smallest absolute Gasteiger partial charge is 0.232 e. The zero-order valence-electron chi connectivity index (χ0n) is 7.80. The number of nitrogens with zero attached hydrogens (tertiary/aromatic N) is 2. The van der Waals surface area contributed by atoms with Crippen LogP contribution in [0.15, 0.2) is 30.0 Å². The van der Waals surface area contributed by atoms with Crippen LogP contribution in [0.2, 0.25) is 0 Å². The van der Waals surface area contributed by atoms with Crippen LogP contribution in [0.3, 0.4) is 0 Å². The minimum atomic E-state index is 0.570. The Hall–Kier alpha value is -1.42. The van der Waals surface area contributed by atoms with E-state index in [0.717, 1.165) is 0 Å². The molecule has 4 heteroatoms. The van der Waals surface area contributed by atoms with Gasteiger partial charge in [0.25, 0.3) is 0 Å². The van der Waals surface area contributed by atoms with Gasteiger partial charge in [-0.15, -0.1) is 11.3 Å². The minimum absolute atomic E-state index is 0.570. The number of aryl methyl sites for hydroxylation is 1. The maximum Gasteiger partial charge on any atom is 0.232 e. The van der Waals surface area contributed by atoms with Gasteiger partial charge in [-0.05, 0) is 23.9 Å². The van der Waals surface area contributed by atoms with Gasteiger partial charge in [0.15, 0.2) is 0 Å². The molecule has 0 unspecified atom stereocenters. The first-order valence-corrected chi connectivity index (χ1v) is 5.16. The van der Waals surface area contributed by atoms with Crippen LogP contribution in [0, 0.1) is 6.92 Å². The van der Waals surface area contributed by atoms with E-state index in [2.05, 4.69) is 28.3 Å². The molecular weight excluding hydrogens is 196 g/mol. The molecule has 0 saturated carbocycles. The monoisotopic (exact) mass is 206 g/mol. The summed E-state index contributed by atoms with van der Waals surface area (Å²) in [5.74, 6) is 0.570. The maximum atomic E-state index is 5.47. The second-order valence-electron chi connectivity index (χ2n) is 2.86. The molecule has 0 aliphatic rings. The van der Waals surface area contributed by atoms with E-state index in [9.17, 15) is 0 Å². The van der Waals surface area contributed by atoms with Gasteiger partial charge in [-0.3, -0.25) is 4.98 Å². The number of hydrogen-bond acceptors (Lipinski definition) is 4. The third kappa shape index (κ3) is 2.09. The van der Waals surface area contributed by atoms with Gasteiger partial charge < -0.3 is 4.74 Å². The predicted octanol–water partition coefficient (Wildman–Crippen LogP) is 2.43. The average Bonchev–Trinajstić information content (AvgIpc) is 2.63. The summed E-state index contributed by atoms with van der Waals surface area (Å²) in [6.07, 6.45) is 4.86. The van der Waals surface area contributed by atoms with Gasteiger partial charge in [0.05, 0.1) is 6.20 Å². The molecule has 3 nitrogen and oxygen atoms in total. The summed E-state index contributed by atoms with van der Waals surface area (Å²) in [6.45, 7) is 2.65. The quantitative estimate of drug-likeness (QED) is 0.773. The van der Waals surface area contributed by atoms with Crippen molar-refractivity contribution in [2.75, 3.05) is 0 Å². The molecule has 0 radical (unpaired) electrons. The topological polar surface area (TPSA) is 35.0 Å². The van der Waals surface area contributed by atoms with Crippen LogP contribution in [0.25, 0.3) is 0 Å². The third-order valence-corrected chi connectivity index (χ3v) is 2.86. The van der Waals surface area contributed by atoms with Crippen LogP contribution < -0.4 is 4.74 Å². The van der Waals surface area contributed by atoms with Gasteiger partial charge in [0.1, 0.15) is 6.61 Å². The average molecular weight is 206 g/mol. The van der Waals surface area contributed by atoms with E-state index in [0.29, 0.717) is 12.5 Å². The van der Waals surface area contributed by atoms with Gasteiger partial charge in [0, 0.05) is 17.3 Å². The Balaban J connectivity index is 1.99. The van der Waals surface area contributed by atoms with Crippen molar-refractivity contribution in [2.24, 2.45) is 0 Å². The van der Waals surface area contributed by atoms with Crippen LogP contribution in [-0.2, 0) is 6.61 Å². The molecule has 14 heavy (non-hydrogen) atoms. The van der Waals surface area contributed by atoms with Gasteiger partial charge in [-0.2, -0.15) is 0 Å². The van der Waals surface area contributed by atoms with Crippen molar-refractivity contribution in [2.45, 2.75) is 13.5 Å². The molecule has 0 bridgehead atoms. The number of rotatable bonds is 3. The van der Waals surface area contributed by atoms with Crippen molar-refractivity contribution in [3.05, 3.63) is 40.5 Å². The first-order valence-electron chi connectivity index (χ1n) is 4.28. The fourth-order valence-corrected chi connectivity index (χ4v) is 1.87. The van der Waals surface area contributed by atoms with E-state index in [4.69, 9.17) is 4.74 Å². The Kier molecular flexibility index (Phi) is 2.74. The predicted molar refractivity (Wildman–Crippen MR) is 55.4 cm³/mol. The van der Waals surface area contributed by atoms with Crippen molar-refractivity contribution in [1.82, 2.24) is 9.97 Å². The van der Waals surface area contributed by atoms with Crippen LogP contribution in [0.1, 0.15) is 10.4 Å². The van der Waals surface area contributed by atoms with E-state index in [1.54, 1.807) is 29.9 Å². The molecule has 0 aliphatic carbocycles. The summed E-state index contributed by atoms with van der Waals surface area (Å²) >= 11 is 1.70. The van der Waals surface area contributed by atoms with E-state index in [-0.39, 0.29) is 0 Å². The summed E-state index contributed by atoms with van der Waals surface area (Å²) in [5, 5.41) is 2.06. The van der Waals surface area contributed by atoms with Crippen LogP contribution in [0.4, 0.5) is 0 Å². The molecule has 0 aliphatic heterocycles. The summed E-state index contributed by atoms with van der Waals surface area (Å²) in [4.78, 5) is 9.18. The van der Waals surface area contributed by atoms with Crippen LogP contribution in [-0.4, -0.2) is 9.97 Å². The van der Waals surface area contributed by atoms with E-state index < -0.39 is 0 Å². The van der Waals surface area contributed by atoms with Crippen LogP contribution in [0.5, 0.6) is 5.88 Å². The fourth-order valence-electron chi connectivity index (χ4n) is 1.05. The SMILES string of the molecule is Cc1ccsc1COc1cnccn1. The Morgan fingerprint density at radius 1 is 1.43 bits per heavy atom. The Morgan fingerprint density at radius 2 is 2.36 bits per heavy atom. The standard InChI is InChI=1S/C10H10N2OS/c1-8-2-5-14-9(8)7-13-10-6-11-3-4-12-10/h2-6H,7H2,1H3. The Morgan fingerprint density at radius 3 is 3.00 bits per heavy atom. The second-order valence-corrected chi connectivity index (χ2v) is 3.86. The summed E-state index contributed by atoms with van der Waals surface area (Å²) in [7, 11) is 0. The molecule has 2 aromatic heterocycles. The van der Waals surface area contributed by atoms with Crippen molar-refractivity contribution in [1.29, 1.82) is 0 Å². The number of thiophene rings is 1. The molecule has 2 rings (SSSR count). The fraction of sp³-hybridized carbons (Fsp3) is 0.200. The largest absolute Gasteiger partial charge is 0.471 e. The first kappa shape index (κ1) is 9.15. The van der Waals surface area contributed by atoms with Crippen LogP contribution >= 0.6 is 11.3 Å². The van der Waals surface area contributed by atoms with Crippen molar-refractivity contribution >= 4 is 11.3 Å². The number of ether oxygens (including phenoxy) is 1. The highest BCUT2D eigenvalue weighted by molar-refractivity contribution is 7.10. The molecule has 0 aromatic carbocycles. The Labute approximate surface area is 86.4 Å². The second kappa shape index (κ2) is 4.19. The lowest BCUT2D eigenvalue weighted by molar-refractivity contribution is 0.295. The van der Waals surface area contributed by atoms with Gasteiger partial charge in [0.2, 0.25) is 5.88 Å². The van der Waals surface area contributed by atoms with Crippen molar-refractivity contribution < 1.29 is 4.74 Å². The molecule has 0 spiro atoms. The minimum Gasteiger partial charge on any atom is -0.471 e. The molecule has 0 fully saturated rings. The Bertz CT molecular complexity index is 400. The lowest BCUT2D eigenvalue weighted by Crippen LogP contribution is -1.96. The molecule has 2 heterocycles. The third-order valence-electron chi connectivity index (χ3n) is 1.86. The number of hydrogen-bond donors (Lipinski definition) is 0. The highest BCUT2D eigenvalue weighted by Gasteiger charge is 2.00. The maximum absolute atomic E-state index is 5.47. The molecule has 2 aromatic rings. The molecule has 72 valence electrons. The molecule has 0 N–H and O–H groups in total. The lowest BCUT2D eigenvalue weighted by atomic mass is 10.3. The summed E-state index contributed by atoms with van der Waals surface area (Å²) < 4.78 is 5.47. The van der Waals surface area contributed by atoms with Gasteiger partial charge in [-0.25, -0.2) is 4.98 Å². The zero-order valence-corrected chi connectivity index (χ0v) is 8.62. The first-order chi connectivity index (χ1) is 6.86. The zero-order chi connectivity index (χ0) is 9.80. The van der Waals surface area contributed by atoms with Crippen molar-refractivity contribution in [3.8, 4) is 5.88 Å². The van der Waals surface area contributed by atoms with Crippen molar-refractivity contribution in [3.63, 3.8) is 0 Å². The summed E-state index contributed by atoms with van der Waals surface area (Å²) in [5.41, 5.74) is 1.26. The molecule has 0 amide bonds. The highest BCUT2D eigenvalue weighted by atomic mass is 32.1. The van der Waals surface area contributed by atoms with E-state index >= 15 is 0 Å².